The number of benzene rings is 2. The summed E-state index contributed by atoms with van der Waals surface area (Å²) in [6, 6.07) is 15.5. The van der Waals surface area contributed by atoms with Crippen molar-refractivity contribution >= 4 is 62.7 Å². The van der Waals surface area contributed by atoms with Crippen molar-refractivity contribution in [2.24, 2.45) is 0 Å². The Morgan fingerprint density at radius 1 is 1.00 bits per heavy atom. The number of anilines is 1. The van der Waals surface area contributed by atoms with Gasteiger partial charge in [-0.25, -0.2) is 4.98 Å². The Bertz CT molecular complexity index is 1370. The van der Waals surface area contributed by atoms with Crippen LogP contribution in [0.5, 0.6) is 0 Å². The minimum atomic E-state index is -0.634. The highest BCUT2D eigenvalue weighted by molar-refractivity contribution is 6.36. The lowest BCUT2D eigenvalue weighted by atomic mass is 10.1. The number of hydrogen-bond acceptors (Lipinski definition) is 5. The fourth-order valence-electron chi connectivity index (χ4n) is 3.38. The van der Waals surface area contributed by atoms with Crippen LogP contribution in [0.2, 0.25) is 10.0 Å². The maximum absolute atomic E-state index is 12.8. The fourth-order valence-corrected chi connectivity index (χ4v) is 3.79. The van der Waals surface area contributed by atoms with Gasteiger partial charge in [0.05, 0.1) is 26.8 Å². The van der Waals surface area contributed by atoms with Gasteiger partial charge in [0, 0.05) is 10.8 Å². The SMILES string of the molecule is Cc1nc(NC(=O)COC(=O)Cn2c3ccccc3c(=O)c3ccccc32)c(Cl)cc1Cl. The smallest absolute Gasteiger partial charge is 0.326 e. The highest BCUT2D eigenvalue weighted by Crippen LogP contribution is 2.25. The molecule has 9 heteroatoms. The molecule has 0 aliphatic heterocycles. The number of para-hydroxylation sites is 2. The predicted octanol–water partition coefficient (Wildman–Crippen LogP) is 4.35. The molecule has 2 aromatic heterocycles. The summed E-state index contributed by atoms with van der Waals surface area (Å²) in [6.07, 6.45) is 0. The second-order valence-electron chi connectivity index (χ2n) is 7.04. The summed E-state index contributed by atoms with van der Waals surface area (Å²) in [7, 11) is 0. The van der Waals surface area contributed by atoms with Crippen LogP contribution >= 0.6 is 23.2 Å². The van der Waals surface area contributed by atoms with Crippen LogP contribution in [0.4, 0.5) is 5.82 Å². The molecule has 0 saturated carbocycles. The number of aromatic nitrogens is 2. The van der Waals surface area contributed by atoms with E-state index in [0.717, 1.165) is 0 Å². The Kier molecular flexibility index (Phi) is 6.12. The lowest BCUT2D eigenvalue weighted by molar-refractivity contribution is -0.147. The quantitative estimate of drug-likeness (QED) is 0.346. The van der Waals surface area contributed by atoms with E-state index in [0.29, 0.717) is 32.5 Å². The van der Waals surface area contributed by atoms with Crippen molar-refractivity contribution in [2.75, 3.05) is 11.9 Å². The molecule has 162 valence electrons. The van der Waals surface area contributed by atoms with Gasteiger partial charge in [0.1, 0.15) is 6.54 Å². The minimum Gasteiger partial charge on any atom is -0.454 e. The number of nitrogens with zero attached hydrogens (tertiary/aromatic N) is 2. The molecule has 1 N–H and O–H groups in total. The number of halogens is 2. The van der Waals surface area contributed by atoms with Crippen LogP contribution in [0.15, 0.2) is 59.4 Å². The second kappa shape index (κ2) is 8.98. The van der Waals surface area contributed by atoms with Gasteiger partial charge in [0.2, 0.25) is 0 Å². The number of carbonyl (C=O) groups excluding carboxylic acids is 2. The van der Waals surface area contributed by atoms with Crippen LogP contribution in [0.25, 0.3) is 21.8 Å². The molecule has 4 rings (SSSR count). The number of amides is 1. The van der Waals surface area contributed by atoms with Gasteiger partial charge in [0.15, 0.2) is 17.9 Å². The van der Waals surface area contributed by atoms with E-state index in [2.05, 4.69) is 10.3 Å². The standard InChI is InChI=1S/C23H17Cl2N3O4/c1-13-16(24)10-17(25)23(26-13)27-20(29)12-32-21(30)11-28-18-8-4-2-6-14(18)22(31)15-7-3-5-9-19(15)28/h2-10H,11-12H2,1H3,(H,26,27,29). The summed E-state index contributed by atoms with van der Waals surface area (Å²) in [5, 5.41) is 4.04. The number of carbonyl (C=O) groups is 2. The minimum absolute atomic E-state index is 0.108. The summed E-state index contributed by atoms with van der Waals surface area (Å²) in [5.74, 6) is -1.10. The van der Waals surface area contributed by atoms with Gasteiger partial charge in [-0.15, -0.1) is 0 Å². The van der Waals surface area contributed by atoms with E-state index in [1.165, 1.54) is 6.07 Å². The van der Waals surface area contributed by atoms with Gasteiger partial charge in [0.25, 0.3) is 5.91 Å². The zero-order valence-electron chi connectivity index (χ0n) is 16.9. The van der Waals surface area contributed by atoms with Crippen LogP contribution in [-0.4, -0.2) is 28.0 Å². The molecule has 0 aliphatic rings. The number of ether oxygens (including phenoxy) is 1. The zero-order chi connectivity index (χ0) is 22.8. The third-order valence-corrected chi connectivity index (χ3v) is 5.56. The van der Waals surface area contributed by atoms with E-state index in [4.69, 9.17) is 27.9 Å². The molecule has 2 heterocycles. The maximum Gasteiger partial charge on any atom is 0.326 e. The molecule has 0 radical (unpaired) electrons. The predicted molar refractivity (Wildman–Crippen MR) is 124 cm³/mol. The molecule has 0 spiro atoms. The molecule has 0 aliphatic carbocycles. The first kappa shape index (κ1) is 21.8. The number of rotatable bonds is 5. The Hall–Kier alpha value is -3.42. The number of hydrogen-bond donors (Lipinski definition) is 1. The Morgan fingerprint density at radius 2 is 1.59 bits per heavy atom. The van der Waals surface area contributed by atoms with Gasteiger partial charge in [-0.05, 0) is 37.3 Å². The van der Waals surface area contributed by atoms with E-state index in [-0.39, 0.29) is 22.8 Å². The average Bonchev–Trinajstić information content (AvgIpc) is 2.79. The number of esters is 1. The zero-order valence-corrected chi connectivity index (χ0v) is 18.4. The van der Waals surface area contributed by atoms with Crippen molar-refractivity contribution in [3.63, 3.8) is 0 Å². The molecule has 7 nitrogen and oxygen atoms in total. The summed E-state index contributed by atoms with van der Waals surface area (Å²) < 4.78 is 6.86. The summed E-state index contributed by atoms with van der Waals surface area (Å²) in [5.41, 5.74) is 1.60. The highest BCUT2D eigenvalue weighted by Gasteiger charge is 2.16. The molecule has 4 aromatic rings. The molecule has 0 saturated heterocycles. The Morgan fingerprint density at radius 3 is 2.22 bits per heavy atom. The molecule has 1 amide bonds. The monoisotopic (exact) mass is 469 g/mol. The van der Waals surface area contributed by atoms with Crippen molar-refractivity contribution in [3.05, 3.63) is 80.6 Å². The van der Waals surface area contributed by atoms with Crippen LogP contribution in [0.3, 0.4) is 0 Å². The van der Waals surface area contributed by atoms with Gasteiger partial charge in [-0.3, -0.25) is 14.4 Å². The van der Waals surface area contributed by atoms with E-state index >= 15 is 0 Å². The average molecular weight is 470 g/mol. The summed E-state index contributed by atoms with van der Waals surface area (Å²) >= 11 is 12.0. The van der Waals surface area contributed by atoms with Crippen molar-refractivity contribution < 1.29 is 14.3 Å². The van der Waals surface area contributed by atoms with Crippen molar-refractivity contribution in [1.82, 2.24) is 9.55 Å². The van der Waals surface area contributed by atoms with Crippen molar-refractivity contribution in [2.45, 2.75) is 13.5 Å². The lowest BCUT2D eigenvalue weighted by Gasteiger charge is -2.14. The van der Waals surface area contributed by atoms with Gasteiger partial charge < -0.3 is 14.6 Å². The van der Waals surface area contributed by atoms with Crippen LogP contribution in [-0.2, 0) is 20.9 Å². The third-order valence-electron chi connectivity index (χ3n) is 4.89. The van der Waals surface area contributed by atoms with E-state index in [9.17, 15) is 14.4 Å². The fraction of sp³-hybridized carbons (Fsp3) is 0.130. The van der Waals surface area contributed by atoms with Crippen LogP contribution in [0, 0.1) is 6.92 Å². The molecular formula is C23H17Cl2N3O4. The molecule has 2 aromatic carbocycles. The first-order valence-electron chi connectivity index (χ1n) is 9.63. The molecule has 0 atom stereocenters. The molecule has 32 heavy (non-hydrogen) atoms. The lowest BCUT2D eigenvalue weighted by Crippen LogP contribution is -2.24. The number of nitrogens with one attached hydrogen (secondary N) is 1. The van der Waals surface area contributed by atoms with Crippen LogP contribution < -0.4 is 10.7 Å². The number of fused-ring (bicyclic) bond motifs is 2. The van der Waals surface area contributed by atoms with Crippen molar-refractivity contribution in [1.29, 1.82) is 0 Å². The Labute approximate surface area is 192 Å². The normalized spacial score (nSPS) is 11.0. The molecular weight excluding hydrogens is 453 g/mol. The highest BCUT2D eigenvalue weighted by atomic mass is 35.5. The van der Waals surface area contributed by atoms with Gasteiger partial charge in [-0.1, -0.05) is 47.5 Å². The van der Waals surface area contributed by atoms with Gasteiger partial charge >= 0.3 is 5.97 Å². The molecule has 0 fully saturated rings. The molecule has 0 unspecified atom stereocenters. The van der Waals surface area contributed by atoms with E-state index in [1.54, 1.807) is 60.0 Å². The van der Waals surface area contributed by atoms with Crippen molar-refractivity contribution in [3.8, 4) is 0 Å². The van der Waals surface area contributed by atoms with Crippen LogP contribution in [0.1, 0.15) is 5.69 Å². The number of pyridine rings is 2. The van der Waals surface area contributed by atoms with Gasteiger partial charge in [-0.2, -0.15) is 0 Å². The maximum atomic E-state index is 12.8. The second-order valence-corrected chi connectivity index (χ2v) is 7.86. The third kappa shape index (κ3) is 4.30. The van der Waals surface area contributed by atoms with E-state index < -0.39 is 18.5 Å². The number of aryl methyl sites for hydroxylation is 1. The molecule has 0 bridgehead atoms. The van der Waals surface area contributed by atoms with E-state index in [1.807, 2.05) is 0 Å². The largest absolute Gasteiger partial charge is 0.454 e. The first-order valence-corrected chi connectivity index (χ1v) is 10.4. The topological polar surface area (TPSA) is 90.3 Å². The Balaban J connectivity index is 1.52. The summed E-state index contributed by atoms with van der Waals surface area (Å²) in [4.78, 5) is 41.7. The first-order chi connectivity index (χ1) is 15.3. The summed E-state index contributed by atoms with van der Waals surface area (Å²) in [6.45, 7) is 0.982.